The van der Waals surface area contributed by atoms with E-state index < -0.39 is 0 Å². The summed E-state index contributed by atoms with van der Waals surface area (Å²) in [4.78, 5) is 0. The van der Waals surface area contributed by atoms with Crippen molar-refractivity contribution in [3.63, 3.8) is 0 Å². The molecule has 2 heteroatoms. The van der Waals surface area contributed by atoms with E-state index in [0.717, 1.165) is 6.54 Å². The normalized spacial score (nSPS) is 22.0. The molecule has 1 aliphatic heterocycles. The van der Waals surface area contributed by atoms with Gasteiger partial charge in [0.2, 0.25) is 0 Å². The third-order valence-electron chi connectivity index (χ3n) is 2.33. The SMILES string of the molecule is [Ru+2].[c-]1ccccc1C1CCCC[N-]1. The van der Waals surface area contributed by atoms with E-state index in [9.17, 15) is 0 Å². The summed E-state index contributed by atoms with van der Waals surface area (Å²) in [7, 11) is 0. The molecule has 0 spiro atoms. The Labute approximate surface area is 92.7 Å². The molecule has 2 rings (SSSR count). The van der Waals surface area contributed by atoms with Crippen molar-refractivity contribution >= 4 is 0 Å². The third kappa shape index (κ3) is 2.89. The van der Waals surface area contributed by atoms with Gasteiger partial charge in [-0.25, -0.2) is 0 Å². The Morgan fingerprint density at radius 2 is 2.23 bits per heavy atom. The zero-order valence-electron chi connectivity index (χ0n) is 7.52. The second kappa shape index (κ2) is 5.52. The van der Waals surface area contributed by atoms with Gasteiger partial charge in [0, 0.05) is 0 Å². The summed E-state index contributed by atoms with van der Waals surface area (Å²) in [6.45, 7) is 1.04. The predicted molar refractivity (Wildman–Crippen MR) is 50.1 cm³/mol. The minimum absolute atomic E-state index is 0. The van der Waals surface area contributed by atoms with Crippen LogP contribution in [-0.2, 0) is 19.5 Å². The van der Waals surface area contributed by atoms with Gasteiger partial charge in [-0.2, -0.15) is 35.9 Å². The smallest absolute Gasteiger partial charge is 0.657 e. The first kappa shape index (κ1) is 10.9. The second-order valence-electron chi connectivity index (χ2n) is 3.24. The fraction of sp³-hybridized carbons (Fsp3) is 0.455. The van der Waals surface area contributed by atoms with Crippen molar-refractivity contribution in [2.45, 2.75) is 25.3 Å². The number of hydrogen-bond donors (Lipinski definition) is 0. The predicted octanol–water partition coefficient (Wildman–Crippen LogP) is 3.08. The largest absolute Gasteiger partial charge is 2.00 e. The van der Waals surface area contributed by atoms with Crippen molar-refractivity contribution in [3.8, 4) is 0 Å². The fourth-order valence-electron chi connectivity index (χ4n) is 1.66. The minimum Gasteiger partial charge on any atom is -0.657 e. The zero-order chi connectivity index (χ0) is 8.23. The average molecular weight is 260 g/mol. The van der Waals surface area contributed by atoms with Crippen LogP contribution in [0, 0.1) is 6.07 Å². The Balaban J connectivity index is 0.000000845. The Morgan fingerprint density at radius 1 is 1.31 bits per heavy atom. The molecule has 1 fully saturated rings. The number of hydrogen-bond acceptors (Lipinski definition) is 0. The summed E-state index contributed by atoms with van der Waals surface area (Å²) in [5.41, 5.74) is 1.26. The molecular weight excluding hydrogens is 247 g/mol. The van der Waals surface area contributed by atoms with E-state index in [-0.39, 0.29) is 19.5 Å². The Bertz CT molecular complexity index is 229. The summed E-state index contributed by atoms with van der Waals surface area (Å²) >= 11 is 0. The first-order chi connectivity index (χ1) is 5.97. The maximum atomic E-state index is 4.57. The van der Waals surface area contributed by atoms with E-state index in [2.05, 4.69) is 23.5 Å². The van der Waals surface area contributed by atoms with Crippen molar-refractivity contribution in [2.75, 3.05) is 6.54 Å². The van der Waals surface area contributed by atoms with Gasteiger partial charge < -0.3 is 5.32 Å². The van der Waals surface area contributed by atoms with Crippen LogP contribution in [0.3, 0.4) is 0 Å². The molecule has 13 heavy (non-hydrogen) atoms. The van der Waals surface area contributed by atoms with Gasteiger partial charge in [0.25, 0.3) is 0 Å². The van der Waals surface area contributed by atoms with Crippen molar-refractivity contribution in [1.82, 2.24) is 0 Å². The number of rotatable bonds is 1. The Morgan fingerprint density at radius 3 is 2.85 bits per heavy atom. The molecule has 1 aliphatic rings. The molecule has 70 valence electrons. The van der Waals surface area contributed by atoms with Gasteiger partial charge in [-0.1, -0.05) is 19.3 Å². The molecule has 1 aromatic rings. The van der Waals surface area contributed by atoms with Gasteiger partial charge >= 0.3 is 19.5 Å². The molecule has 1 saturated heterocycles. The molecule has 1 heterocycles. The molecule has 1 unspecified atom stereocenters. The van der Waals surface area contributed by atoms with Crippen LogP contribution in [-0.4, -0.2) is 6.54 Å². The van der Waals surface area contributed by atoms with E-state index in [0.29, 0.717) is 6.04 Å². The average Bonchev–Trinajstić information content (AvgIpc) is 2.21. The minimum atomic E-state index is 0. The molecule has 1 aromatic carbocycles. The van der Waals surface area contributed by atoms with Crippen LogP contribution >= 0.6 is 0 Å². The van der Waals surface area contributed by atoms with Gasteiger partial charge in [0.05, 0.1) is 0 Å². The van der Waals surface area contributed by atoms with E-state index in [1.807, 2.05) is 12.1 Å². The first-order valence-corrected chi connectivity index (χ1v) is 4.60. The molecule has 0 aliphatic carbocycles. The number of piperidine rings is 1. The molecule has 0 aromatic heterocycles. The number of benzene rings is 1. The molecule has 0 saturated carbocycles. The summed E-state index contributed by atoms with van der Waals surface area (Å²) in [6.07, 6.45) is 3.79. The van der Waals surface area contributed by atoms with Gasteiger partial charge in [-0.05, 0) is 0 Å². The molecule has 0 N–H and O–H groups in total. The fourth-order valence-corrected chi connectivity index (χ4v) is 1.66. The van der Waals surface area contributed by atoms with Crippen molar-refractivity contribution in [2.24, 2.45) is 0 Å². The summed E-state index contributed by atoms with van der Waals surface area (Å²) < 4.78 is 0. The van der Waals surface area contributed by atoms with Crippen LogP contribution in [0.4, 0.5) is 0 Å². The van der Waals surface area contributed by atoms with Crippen LogP contribution < -0.4 is 0 Å². The maximum Gasteiger partial charge on any atom is 2.00 e. The van der Waals surface area contributed by atoms with E-state index in [1.165, 1.54) is 24.8 Å². The molecule has 0 amide bonds. The van der Waals surface area contributed by atoms with Crippen molar-refractivity contribution in [1.29, 1.82) is 0 Å². The van der Waals surface area contributed by atoms with E-state index >= 15 is 0 Å². The molecule has 0 radical (unpaired) electrons. The van der Waals surface area contributed by atoms with Gasteiger partial charge in [-0.3, -0.25) is 0 Å². The van der Waals surface area contributed by atoms with Gasteiger partial charge in [0.15, 0.2) is 0 Å². The van der Waals surface area contributed by atoms with Crippen LogP contribution in [0.25, 0.3) is 5.32 Å². The van der Waals surface area contributed by atoms with Gasteiger partial charge in [-0.15, -0.1) is 12.6 Å². The molecule has 0 bridgehead atoms. The van der Waals surface area contributed by atoms with Crippen molar-refractivity contribution in [3.05, 3.63) is 41.2 Å². The summed E-state index contributed by atoms with van der Waals surface area (Å²) in [6, 6.07) is 11.8. The van der Waals surface area contributed by atoms with E-state index in [4.69, 9.17) is 0 Å². The van der Waals surface area contributed by atoms with Crippen LogP contribution in [0.2, 0.25) is 0 Å². The Kier molecular flexibility index (Phi) is 4.62. The first-order valence-electron chi connectivity index (χ1n) is 4.60. The quantitative estimate of drug-likeness (QED) is 0.544. The molecule has 1 nitrogen and oxygen atoms in total. The van der Waals surface area contributed by atoms with Crippen molar-refractivity contribution < 1.29 is 19.5 Å². The van der Waals surface area contributed by atoms with Crippen LogP contribution in [0.15, 0.2) is 24.3 Å². The van der Waals surface area contributed by atoms with Crippen LogP contribution in [0.5, 0.6) is 0 Å². The van der Waals surface area contributed by atoms with Gasteiger partial charge in [0.1, 0.15) is 0 Å². The number of nitrogens with zero attached hydrogens (tertiary/aromatic N) is 1. The molecular formula is C11H13NRu. The standard InChI is InChI=1S/C11H13N.Ru/c1-2-6-10(7-3-1)11-8-4-5-9-12-11;/h1-3,6,11H,4-5,8-9H2;/q-2;+2. The zero-order valence-corrected chi connectivity index (χ0v) is 9.25. The van der Waals surface area contributed by atoms with Crippen LogP contribution in [0.1, 0.15) is 30.9 Å². The Hall–Kier alpha value is -0.197. The van der Waals surface area contributed by atoms with E-state index in [1.54, 1.807) is 0 Å². The topological polar surface area (TPSA) is 14.1 Å². The molecule has 1 atom stereocenters. The second-order valence-corrected chi connectivity index (χ2v) is 3.24. The monoisotopic (exact) mass is 261 g/mol. The summed E-state index contributed by atoms with van der Waals surface area (Å²) in [5, 5.41) is 4.57. The third-order valence-corrected chi connectivity index (χ3v) is 2.33. The maximum absolute atomic E-state index is 4.57. The summed E-state index contributed by atoms with van der Waals surface area (Å²) in [5.74, 6) is 0.